The van der Waals surface area contributed by atoms with Crippen molar-refractivity contribution in [3.05, 3.63) is 35.6 Å². The van der Waals surface area contributed by atoms with Crippen molar-refractivity contribution in [2.75, 3.05) is 13.6 Å². The Hall–Kier alpha value is -2.30. The molecule has 0 atom stereocenters. The number of nitrogens with zero attached hydrogens (tertiary/aromatic N) is 1. The van der Waals surface area contributed by atoms with Crippen LogP contribution >= 0.6 is 0 Å². The molecule has 1 heterocycles. The summed E-state index contributed by atoms with van der Waals surface area (Å²) in [6, 6.07) is 7.87. The molecule has 0 bridgehead atoms. The van der Waals surface area contributed by atoms with Crippen molar-refractivity contribution in [1.29, 1.82) is 0 Å². The van der Waals surface area contributed by atoms with E-state index in [9.17, 15) is 9.59 Å². The van der Waals surface area contributed by atoms with Gasteiger partial charge in [0.05, 0.1) is 0 Å². The Labute approximate surface area is 130 Å². The number of rotatable bonds is 6. The highest BCUT2D eigenvalue weighted by Gasteiger charge is 2.16. The van der Waals surface area contributed by atoms with E-state index in [1.54, 1.807) is 11.9 Å². The number of hydrogen-bond acceptors (Lipinski definition) is 3. The Morgan fingerprint density at radius 3 is 2.68 bits per heavy atom. The first-order chi connectivity index (χ1) is 10.5. The summed E-state index contributed by atoms with van der Waals surface area (Å²) in [6.45, 7) is 4.36. The average Bonchev–Trinajstić information content (AvgIpc) is 2.84. The summed E-state index contributed by atoms with van der Waals surface area (Å²) < 4.78 is 5.85. The van der Waals surface area contributed by atoms with Crippen LogP contribution in [0.4, 0.5) is 0 Å². The minimum absolute atomic E-state index is 0.00100. The summed E-state index contributed by atoms with van der Waals surface area (Å²) >= 11 is 0. The molecule has 0 aliphatic carbocycles. The molecule has 0 aliphatic heterocycles. The average molecular weight is 302 g/mol. The van der Waals surface area contributed by atoms with Crippen molar-refractivity contribution >= 4 is 22.8 Å². The monoisotopic (exact) mass is 302 g/mol. The fourth-order valence-electron chi connectivity index (χ4n) is 2.47. The molecule has 1 aromatic heterocycles. The summed E-state index contributed by atoms with van der Waals surface area (Å²) in [7, 11) is 1.78. The molecule has 0 saturated heterocycles. The first-order valence-corrected chi connectivity index (χ1v) is 7.50. The Balaban J connectivity index is 2.09. The van der Waals surface area contributed by atoms with Crippen LogP contribution in [0, 0.1) is 0 Å². The number of para-hydroxylation sites is 1. The van der Waals surface area contributed by atoms with E-state index in [-0.39, 0.29) is 11.8 Å². The van der Waals surface area contributed by atoms with Crippen LogP contribution in [0.25, 0.3) is 11.0 Å². The predicted molar refractivity (Wildman–Crippen MR) is 85.4 cm³/mol. The van der Waals surface area contributed by atoms with E-state index < -0.39 is 0 Å². The molecule has 0 aliphatic rings. The minimum atomic E-state index is -0.121. The topological polar surface area (TPSA) is 62.6 Å². The first kappa shape index (κ1) is 16.1. The predicted octanol–water partition coefficient (Wildman–Crippen LogP) is 2.48. The molecule has 118 valence electrons. The second-order valence-corrected chi connectivity index (χ2v) is 5.34. The summed E-state index contributed by atoms with van der Waals surface area (Å²) in [6.07, 6.45) is 1.09. The minimum Gasteiger partial charge on any atom is -0.461 e. The fraction of sp³-hybridized carbons (Fsp3) is 0.412. The van der Waals surface area contributed by atoms with Crippen LogP contribution in [0.3, 0.4) is 0 Å². The summed E-state index contributed by atoms with van der Waals surface area (Å²) in [5, 5.41) is 3.69. The van der Waals surface area contributed by atoms with Crippen LogP contribution in [0.1, 0.15) is 31.6 Å². The fourth-order valence-corrected chi connectivity index (χ4v) is 2.47. The number of carbonyl (C=O) groups excluding carboxylic acids is 2. The molecule has 0 radical (unpaired) electrons. The quantitative estimate of drug-likeness (QED) is 0.891. The third-order valence-corrected chi connectivity index (χ3v) is 3.64. The highest BCUT2D eigenvalue weighted by Crippen LogP contribution is 2.27. The first-order valence-electron chi connectivity index (χ1n) is 7.50. The summed E-state index contributed by atoms with van der Waals surface area (Å²) in [5.74, 6) is 0.799. The van der Waals surface area contributed by atoms with Crippen molar-refractivity contribution in [2.45, 2.75) is 33.2 Å². The SMILES string of the molecule is CCc1oc2ccccc2c1CN(C)C(=O)CCNC(C)=O. The van der Waals surface area contributed by atoms with Crippen LogP contribution in [-0.4, -0.2) is 30.3 Å². The Morgan fingerprint density at radius 1 is 1.27 bits per heavy atom. The van der Waals surface area contributed by atoms with Gasteiger partial charge < -0.3 is 14.6 Å². The van der Waals surface area contributed by atoms with Gasteiger partial charge >= 0.3 is 0 Å². The van der Waals surface area contributed by atoms with Crippen LogP contribution in [0.2, 0.25) is 0 Å². The van der Waals surface area contributed by atoms with Crippen LogP contribution in [0.5, 0.6) is 0 Å². The number of fused-ring (bicyclic) bond motifs is 1. The van der Waals surface area contributed by atoms with E-state index in [1.807, 2.05) is 31.2 Å². The molecule has 22 heavy (non-hydrogen) atoms. The zero-order chi connectivity index (χ0) is 16.1. The van der Waals surface area contributed by atoms with Crippen molar-refractivity contribution in [3.63, 3.8) is 0 Å². The molecule has 1 N–H and O–H groups in total. The molecule has 1 aromatic carbocycles. The molecule has 5 nitrogen and oxygen atoms in total. The lowest BCUT2D eigenvalue weighted by molar-refractivity contribution is -0.130. The van der Waals surface area contributed by atoms with Gasteiger partial charge in [0.2, 0.25) is 11.8 Å². The number of aryl methyl sites for hydroxylation is 1. The number of hydrogen-bond donors (Lipinski definition) is 1. The third-order valence-electron chi connectivity index (χ3n) is 3.64. The maximum Gasteiger partial charge on any atom is 0.224 e. The lowest BCUT2D eigenvalue weighted by Crippen LogP contribution is -2.31. The van der Waals surface area contributed by atoms with Gasteiger partial charge in [-0.15, -0.1) is 0 Å². The number of amides is 2. The number of nitrogens with one attached hydrogen (secondary N) is 1. The molecule has 2 aromatic rings. The normalized spacial score (nSPS) is 10.7. The van der Waals surface area contributed by atoms with E-state index in [4.69, 9.17) is 4.42 Å². The van der Waals surface area contributed by atoms with Gasteiger partial charge in [-0.25, -0.2) is 0 Å². The van der Waals surface area contributed by atoms with Crippen molar-refractivity contribution < 1.29 is 14.0 Å². The zero-order valence-corrected chi connectivity index (χ0v) is 13.3. The zero-order valence-electron chi connectivity index (χ0n) is 13.3. The van der Waals surface area contributed by atoms with Gasteiger partial charge in [-0.2, -0.15) is 0 Å². The highest BCUT2D eigenvalue weighted by atomic mass is 16.3. The lowest BCUT2D eigenvalue weighted by atomic mass is 10.1. The Kier molecular flexibility index (Phi) is 5.20. The third kappa shape index (κ3) is 3.67. The molecular weight excluding hydrogens is 280 g/mol. The largest absolute Gasteiger partial charge is 0.461 e. The van der Waals surface area contributed by atoms with Crippen molar-refractivity contribution in [3.8, 4) is 0 Å². The maximum absolute atomic E-state index is 12.1. The number of carbonyl (C=O) groups is 2. The van der Waals surface area contributed by atoms with E-state index in [0.717, 1.165) is 28.7 Å². The molecule has 0 spiro atoms. The Bertz CT molecular complexity index is 676. The second-order valence-electron chi connectivity index (χ2n) is 5.34. The molecule has 2 amide bonds. The van der Waals surface area contributed by atoms with Gasteiger partial charge in [0.15, 0.2) is 0 Å². The van der Waals surface area contributed by atoms with Gasteiger partial charge in [-0.05, 0) is 6.07 Å². The smallest absolute Gasteiger partial charge is 0.224 e. The Morgan fingerprint density at radius 2 is 2.00 bits per heavy atom. The molecule has 0 fully saturated rings. The van der Waals surface area contributed by atoms with Crippen LogP contribution in [0.15, 0.2) is 28.7 Å². The molecule has 2 rings (SSSR count). The molecule has 0 saturated carbocycles. The van der Waals surface area contributed by atoms with E-state index in [1.165, 1.54) is 6.92 Å². The van der Waals surface area contributed by atoms with Gasteiger partial charge in [0.25, 0.3) is 0 Å². The summed E-state index contributed by atoms with van der Waals surface area (Å²) in [5.41, 5.74) is 1.92. The standard InChI is InChI=1S/C17H22N2O3/c1-4-15-14(13-7-5-6-8-16(13)22-15)11-19(3)17(21)9-10-18-12(2)20/h5-8H,4,9-11H2,1-3H3,(H,18,20). The van der Waals surface area contributed by atoms with Gasteiger partial charge in [-0.1, -0.05) is 25.1 Å². The van der Waals surface area contributed by atoms with Crippen LogP contribution < -0.4 is 5.32 Å². The van der Waals surface area contributed by atoms with Crippen LogP contribution in [-0.2, 0) is 22.6 Å². The van der Waals surface area contributed by atoms with Crippen molar-refractivity contribution in [1.82, 2.24) is 10.2 Å². The maximum atomic E-state index is 12.1. The molecule has 0 unspecified atom stereocenters. The highest BCUT2D eigenvalue weighted by molar-refractivity contribution is 5.83. The van der Waals surface area contributed by atoms with E-state index >= 15 is 0 Å². The van der Waals surface area contributed by atoms with E-state index in [0.29, 0.717) is 19.5 Å². The van der Waals surface area contributed by atoms with Gasteiger partial charge in [0.1, 0.15) is 11.3 Å². The molecular formula is C17H22N2O3. The lowest BCUT2D eigenvalue weighted by Gasteiger charge is -2.17. The van der Waals surface area contributed by atoms with E-state index in [2.05, 4.69) is 5.32 Å². The number of benzene rings is 1. The van der Waals surface area contributed by atoms with Crippen molar-refractivity contribution in [2.24, 2.45) is 0 Å². The molecule has 5 heteroatoms. The summed E-state index contributed by atoms with van der Waals surface area (Å²) in [4.78, 5) is 24.6. The number of furan rings is 1. The second kappa shape index (κ2) is 7.11. The van der Waals surface area contributed by atoms with Gasteiger partial charge in [-0.3, -0.25) is 9.59 Å². The van der Waals surface area contributed by atoms with Gasteiger partial charge in [0, 0.05) is 50.9 Å².